The van der Waals surface area contributed by atoms with Gasteiger partial charge in [-0.2, -0.15) is 0 Å². The molecule has 3 heterocycles. The smallest absolute Gasteiger partial charge is 0.222 e. The number of likely N-dealkylation sites (tertiary alicyclic amines) is 2. The highest BCUT2D eigenvalue weighted by Crippen LogP contribution is 2.53. The lowest BCUT2D eigenvalue weighted by atomic mass is 9.83. The number of hydrogen-bond donors (Lipinski definition) is 1. The number of hydrogen-bond acceptors (Lipinski definition) is 4. The van der Waals surface area contributed by atoms with Crippen LogP contribution in [-0.4, -0.2) is 53.9 Å². The zero-order valence-corrected chi connectivity index (χ0v) is 17.6. The Bertz CT molecular complexity index is 916. The van der Waals surface area contributed by atoms with E-state index in [0.717, 1.165) is 48.8 Å². The number of carbonyl (C=O) groups is 1. The number of amides is 1. The van der Waals surface area contributed by atoms with Crippen LogP contribution >= 0.6 is 0 Å². The van der Waals surface area contributed by atoms with Crippen molar-refractivity contribution in [3.8, 4) is 0 Å². The Morgan fingerprint density at radius 1 is 1.17 bits per heavy atom. The number of carbonyl (C=O) groups excluding carboxylic acids is 1. The molecule has 2 aliphatic heterocycles. The molecule has 1 aliphatic carbocycles. The van der Waals surface area contributed by atoms with E-state index in [1.807, 2.05) is 12.3 Å². The van der Waals surface area contributed by atoms with Crippen LogP contribution in [0.3, 0.4) is 0 Å². The number of pyridine rings is 1. The van der Waals surface area contributed by atoms with E-state index in [1.54, 1.807) is 0 Å². The number of nitrogens with two attached hydrogens (primary N) is 1. The Labute approximate surface area is 173 Å². The van der Waals surface area contributed by atoms with Crippen LogP contribution in [0.2, 0.25) is 0 Å². The van der Waals surface area contributed by atoms with Gasteiger partial charge in [-0.15, -0.1) is 0 Å². The second-order valence-electron chi connectivity index (χ2n) is 9.67. The van der Waals surface area contributed by atoms with E-state index < -0.39 is 0 Å². The van der Waals surface area contributed by atoms with E-state index in [9.17, 15) is 4.79 Å². The minimum atomic E-state index is 0.365. The normalized spacial score (nSPS) is 31.8. The van der Waals surface area contributed by atoms with Crippen LogP contribution in [0.1, 0.15) is 36.8 Å². The number of piperidine rings is 2. The van der Waals surface area contributed by atoms with Gasteiger partial charge in [0.15, 0.2) is 0 Å². The van der Waals surface area contributed by atoms with Crippen LogP contribution in [0, 0.1) is 23.7 Å². The van der Waals surface area contributed by atoms with Gasteiger partial charge < -0.3 is 15.5 Å². The van der Waals surface area contributed by atoms with Gasteiger partial charge in [0, 0.05) is 56.6 Å². The number of benzene rings is 1. The first-order valence-electron chi connectivity index (χ1n) is 11.1. The quantitative estimate of drug-likeness (QED) is 0.869. The lowest BCUT2D eigenvalue weighted by molar-refractivity contribution is -0.133. The molecule has 29 heavy (non-hydrogen) atoms. The van der Waals surface area contributed by atoms with E-state index >= 15 is 0 Å². The average Bonchev–Trinajstić information content (AvgIpc) is 3.17. The molecule has 0 spiro atoms. The van der Waals surface area contributed by atoms with Crippen molar-refractivity contribution in [1.82, 2.24) is 14.8 Å². The zero-order chi connectivity index (χ0) is 20.1. The van der Waals surface area contributed by atoms with Crippen LogP contribution < -0.4 is 5.73 Å². The van der Waals surface area contributed by atoms with E-state index in [-0.39, 0.29) is 0 Å². The summed E-state index contributed by atoms with van der Waals surface area (Å²) >= 11 is 0. The fraction of sp³-hybridized carbons (Fsp3) is 0.583. The van der Waals surface area contributed by atoms with Crippen molar-refractivity contribution in [2.75, 3.05) is 33.2 Å². The summed E-state index contributed by atoms with van der Waals surface area (Å²) in [5, 5.41) is 1.20. The Morgan fingerprint density at radius 2 is 1.97 bits per heavy atom. The predicted molar refractivity (Wildman–Crippen MR) is 115 cm³/mol. The molecule has 3 fully saturated rings. The molecule has 1 aromatic heterocycles. The summed E-state index contributed by atoms with van der Waals surface area (Å²) in [5.41, 5.74) is 9.35. The third-order valence-corrected chi connectivity index (χ3v) is 7.52. The highest BCUT2D eigenvalue weighted by Gasteiger charge is 2.55. The monoisotopic (exact) mass is 392 g/mol. The second-order valence-corrected chi connectivity index (χ2v) is 9.67. The van der Waals surface area contributed by atoms with Gasteiger partial charge in [0.05, 0.1) is 5.52 Å². The average molecular weight is 393 g/mol. The van der Waals surface area contributed by atoms with Crippen molar-refractivity contribution in [3.05, 3.63) is 41.6 Å². The van der Waals surface area contributed by atoms with Crippen LogP contribution in [-0.2, 0) is 11.3 Å². The van der Waals surface area contributed by atoms with Gasteiger partial charge in [-0.25, -0.2) is 0 Å². The summed E-state index contributed by atoms with van der Waals surface area (Å²) in [6, 6.07) is 8.50. The van der Waals surface area contributed by atoms with E-state index in [2.05, 4.69) is 47.0 Å². The van der Waals surface area contributed by atoms with Crippen molar-refractivity contribution in [2.24, 2.45) is 29.4 Å². The molecule has 2 saturated heterocycles. The van der Waals surface area contributed by atoms with Crippen molar-refractivity contribution in [1.29, 1.82) is 0 Å². The first-order valence-corrected chi connectivity index (χ1v) is 11.1. The van der Waals surface area contributed by atoms with Gasteiger partial charge >= 0.3 is 0 Å². The molecule has 1 unspecified atom stereocenters. The molecular weight excluding hydrogens is 360 g/mol. The van der Waals surface area contributed by atoms with Crippen molar-refractivity contribution in [3.63, 3.8) is 0 Å². The third-order valence-electron chi connectivity index (χ3n) is 7.52. The molecule has 1 saturated carbocycles. The summed E-state index contributed by atoms with van der Waals surface area (Å²) in [6.07, 6.45) is 3.71. The Balaban J connectivity index is 1.34. The Kier molecular flexibility index (Phi) is 4.83. The standard InChI is InChI=1S/C24H32N4O/c1-15-8-17(18-6-5-16(10-25)24-19(18)4-3-7-26-24)12-28(11-15)23(29)9-20-21-13-27(2)14-22(20)21/h3-7,15,17,20-22H,8-14,25H2,1-2H3/t15-,17-,20?,21-,22+/m1/s1. The summed E-state index contributed by atoms with van der Waals surface area (Å²) in [5.74, 6) is 3.41. The number of fused-ring (bicyclic) bond motifs is 2. The van der Waals surface area contributed by atoms with Gasteiger partial charge in [0.2, 0.25) is 5.91 Å². The predicted octanol–water partition coefficient (Wildman–Crippen LogP) is 2.84. The number of aromatic nitrogens is 1. The largest absolute Gasteiger partial charge is 0.342 e. The molecule has 0 bridgehead atoms. The molecule has 5 nitrogen and oxygen atoms in total. The molecule has 1 aromatic carbocycles. The molecule has 154 valence electrons. The summed E-state index contributed by atoms with van der Waals surface area (Å²) in [4.78, 5) is 22.3. The lowest BCUT2D eigenvalue weighted by Gasteiger charge is -2.37. The van der Waals surface area contributed by atoms with Crippen molar-refractivity contribution < 1.29 is 4.79 Å². The van der Waals surface area contributed by atoms with Crippen LogP contribution in [0.25, 0.3) is 10.9 Å². The molecule has 5 heteroatoms. The van der Waals surface area contributed by atoms with E-state index in [0.29, 0.717) is 30.2 Å². The SMILES string of the molecule is C[C@@H]1C[C@@H](c2ccc(CN)c3ncccc23)CN(C(=O)CC2[C@H]3CN(C)C[C@@H]23)C1. The topological polar surface area (TPSA) is 62.5 Å². The van der Waals surface area contributed by atoms with Crippen molar-refractivity contribution in [2.45, 2.75) is 32.2 Å². The second kappa shape index (κ2) is 7.37. The van der Waals surface area contributed by atoms with Crippen LogP contribution in [0.4, 0.5) is 0 Å². The molecule has 2 aromatic rings. The third kappa shape index (κ3) is 3.44. The summed E-state index contributed by atoms with van der Waals surface area (Å²) in [7, 11) is 2.19. The first kappa shape index (κ1) is 19.0. The minimum Gasteiger partial charge on any atom is -0.342 e. The summed E-state index contributed by atoms with van der Waals surface area (Å²) in [6.45, 7) is 6.86. The molecule has 3 aliphatic rings. The molecule has 1 amide bonds. The van der Waals surface area contributed by atoms with Gasteiger partial charge in [-0.3, -0.25) is 9.78 Å². The highest BCUT2D eigenvalue weighted by atomic mass is 16.2. The maximum absolute atomic E-state index is 13.1. The van der Waals surface area contributed by atoms with Crippen LogP contribution in [0.15, 0.2) is 30.5 Å². The Hall–Kier alpha value is -1.98. The van der Waals surface area contributed by atoms with Gasteiger partial charge in [-0.1, -0.05) is 25.1 Å². The maximum Gasteiger partial charge on any atom is 0.222 e. The highest BCUT2D eigenvalue weighted by molar-refractivity contribution is 5.86. The number of rotatable bonds is 4. The summed E-state index contributed by atoms with van der Waals surface area (Å²) < 4.78 is 0. The van der Waals surface area contributed by atoms with Gasteiger partial charge in [0.25, 0.3) is 0 Å². The molecule has 5 atom stereocenters. The van der Waals surface area contributed by atoms with E-state index in [4.69, 9.17) is 5.73 Å². The Morgan fingerprint density at radius 3 is 2.72 bits per heavy atom. The van der Waals surface area contributed by atoms with E-state index in [1.165, 1.54) is 24.0 Å². The maximum atomic E-state index is 13.1. The van der Waals surface area contributed by atoms with Gasteiger partial charge in [0.1, 0.15) is 0 Å². The lowest BCUT2D eigenvalue weighted by Crippen LogP contribution is -2.43. The molecule has 0 radical (unpaired) electrons. The fourth-order valence-electron chi connectivity index (χ4n) is 6.05. The number of nitrogens with zero attached hydrogens (tertiary/aromatic N) is 3. The molecule has 2 N–H and O–H groups in total. The van der Waals surface area contributed by atoms with Crippen molar-refractivity contribution >= 4 is 16.8 Å². The molecule has 5 rings (SSSR count). The first-order chi connectivity index (χ1) is 14.0. The van der Waals surface area contributed by atoms with Crippen LogP contribution in [0.5, 0.6) is 0 Å². The fourth-order valence-corrected chi connectivity index (χ4v) is 6.05. The minimum absolute atomic E-state index is 0.365. The zero-order valence-electron chi connectivity index (χ0n) is 17.6. The van der Waals surface area contributed by atoms with Gasteiger partial charge in [-0.05, 0) is 54.3 Å². The molecular formula is C24H32N4O.